The largest absolute Gasteiger partial charge is 0.465 e. The van der Waals surface area contributed by atoms with Gasteiger partial charge in [0.1, 0.15) is 97.2 Å². The zero-order valence-electron chi connectivity index (χ0n) is 49.6. The molecule has 0 aromatic heterocycles. The van der Waals surface area contributed by atoms with E-state index in [4.69, 9.17) is 66.3 Å². The molecular formula is C58H88O30. The number of hydrogen-bond acceptors (Lipinski definition) is 30. The van der Waals surface area contributed by atoms with Crippen molar-refractivity contribution >= 4 is 11.9 Å². The van der Waals surface area contributed by atoms with Crippen LogP contribution in [0.4, 0.5) is 0 Å². The molecule has 30 heteroatoms. The van der Waals surface area contributed by atoms with E-state index in [0.717, 1.165) is 12.5 Å². The van der Waals surface area contributed by atoms with Crippen molar-refractivity contribution in [2.45, 2.75) is 238 Å². The van der Waals surface area contributed by atoms with Gasteiger partial charge >= 0.3 is 11.9 Å². The molecule has 0 amide bonds. The van der Waals surface area contributed by atoms with E-state index in [9.17, 15) is 81.1 Å². The van der Waals surface area contributed by atoms with Crippen molar-refractivity contribution in [3.05, 3.63) is 23.8 Å². The average Bonchev–Trinajstić information content (AvgIpc) is 1.46. The van der Waals surface area contributed by atoms with Gasteiger partial charge in [-0.3, -0.25) is 9.59 Å². The van der Waals surface area contributed by atoms with Crippen molar-refractivity contribution in [1.29, 1.82) is 0 Å². The van der Waals surface area contributed by atoms with Gasteiger partial charge in [-0.25, -0.2) is 0 Å². The van der Waals surface area contributed by atoms with Crippen LogP contribution in [0.3, 0.4) is 0 Å². The first-order valence-electron chi connectivity index (χ1n) is 30.5. The minimum atomic E-state index is -2.16. The Morgan fingerprint density at radius 2 is 1.39 bits per heavy atom. The minimum Gasteiger partial charge on any atom is -0.465 e. The van der Waals surface area contributed by atoms with Gasteiger partial charge in [0.2, 0.25) is 5.79 Å². The van der Waals surface area contributed by atoms with E-state index in [1.807, 2.05) is 0 Å². The molecule has 34 unspecified atom stereocenters. The number of allylic oxidation sites excluding steroid dienone is 1. The second kappa shape index (κ2) is 25.6. The van der Waals surface area contributed by atoms with Crippen molar-refractivity contribution in [2.24, 2.45) is 40.4 Å². The van der Waals surface area contributed by atoms with Crippen LogP contribution < -0.4 is 0 Å². The van der Waals surface area contributed by atoms with Crippen LogP contribution in [0.15, 0.2) is 23.8 Å². The van der Waals surface area contributed by atoms with Crippen LogP contribution in [-0.2, 0) is 75.9 Å². The van der Waals surface area contributed by atoms with Crippen LogP contribution in [0.1, 0.15) is 73.1 Å². The van der Waals surface area contributed by atoms with Gasteiger partial charge in [-0.05, 0) is 67.8 Å². The summed E-state index contributed by atoms with van der Waals surface area (Å²) in [5, 5.41) is 154. The summed E-state index contributed by atoms with van der Waals surface area (Å²) in [6, 6.07) is 0. The minimum absolute atomic E-state index is 0.0614. The molecule has 14 N–H and O–H groups in total. The summed E-state index contributed by atoms with van der Waals surface area (Å²) >= 11 is 0. The average molecular weight is 1270 g/mol. The van der Waals surface area contributed by atoms with Gasteiger partial charge in [0.25, 0.3) is 0 Å². The van der Waals surface area contributed by atoms with Crippen molar-refractivity contribution in [1.82, 2.24) is 0 Å². The summed E-state index contributed by atoms with van der Waals surface area (Å²) in [5.41, 5.74) is -2.43. The lowest BCUT2D eigenvalue weighted by Crippen LogP contribution is -2.66. The van der Waals surface area contributed by atoms with E-state index in [0.29, 0.717) is 32.1 Å². The smallest absolute Gasteiger partial charge is 0.303 e. The second-order valence-corrected chi connectivity index (χ2v) is 26.6. The number of hydrogen-bond donors (Lipinski definition) is 14. The fourth-order valence-electron chi connectivity index (χ4n) is 16.7. The number of aliphatic hydroxyl groups excluding tert-OH is 13. The maximum atomic E-state index is 12.7. The van der Waals surface area contributed by atoms with Crippen LogP contribution in [0.25, 0.3) is 0 Å². The van der Waals surface area contributed by atoms with Crippen LogP contribution in [0.5, 0.6) is 0 Å². The van der Waals surface area contributed by atoms with Gasteiger partial charge in [0.05, 0.1) is 76.6 Å². The predicted octanol–water partition coefficient (Wildman–Crippen LogP) is -5.27. The van der Waals surface area contributed by atoms with Crippen molar-refractivity contribution in [3.8, 4) is 0 Å². The summed E-state index contributed by atoms with van der Waals surface area (Å²) in [5.74, 6) is -4.75. The number of carbonyl (C=O) groups is 2. The number of aliphatic hydroxyl groups is 14. The fraction of sp³-hybridized carbons (Fsp3) is 0.897. The molecule has 34 atom stereocenters. The molecule has 4 aliphatic carbocycles. The molecule has 1 spiro atoms. The van der Waals surface area contributed by atoms with Gasteiger partial charge in [-0.2, -0.15) is 0 Å². The highest BCUT2D eigenvalue weighted by molar-refractivity contribution is 5.66. The lowest BCUT2D eigenvalue weighted by molar-refractivity contribution is -0.387. The molecular weight excluding hydrogens is 1180 g/mol. The molecule has 7 heterocycles. The first kappa shape index (κ1) is 66.8. The van der Waals surface area contributed by atoms with E-state index in [2.05, 4.69) is 26.5 Å². The number of carbonyl (C=O) groups excluding carboxylic acids is 2. The Hall–Kier alpha value is -2.62. The Morgan fingerprint density at radius 3 is 2.08 bits per heavy atom. The number of ether oxygens (including phenoxy) is 14. The van der Waals surface area contributed by atoms with Gasteiger partial charge < -0.3 is 138 Å². The molecule has 11 aliphatic rings. The fourth-order valence-corrected chi connectivity index (χ4v) is 16.7. The third-order valence-electron chi connectivity index (χ3n) is 21.4. The summed E-state index contributed by atoms with van der Waals surface area (Å²) < 4.78 is 86.3. The molecule has 500 valence electrons. The normalized spacial score (nSPS) is 53.6. The summed E-state index contributed by atoms with van der Waals surface area (Å²) in [6.45, 7) is 8.50. The monoisotopic (exact) mass is 1260 g/mol. The highest BCUT2D eigenvalue weighted by Gasteiger charge is 2.74. The first-order chi connectivity index (χ1) is 41.6. The molecule has 0 radical (unpaired) electrons. The Morgan fingerprint density at radius 1 is 0.705 bits per heavy atom. The Bertz CT molecular complexity index is 2530. The van der Waals surface area contributed by atoms with Gasteiger partial charge in [0.15, 0.2) is 37.6 Å². The van der Waals surface area contributed by atoms with Crippen molar-refractivity contribution in [2.75, 3.05) is 46.2 Å². The molecule has 88 heavy (non-hydrogen) atoms. The highest BCUT2D eigenvalue weighted by atomic mass is 16.8. The van der Waals surface area contributed by atoms with Crippen molar-refractivity contribution < 1.29 is 147 Å². The molecule has 11 rings (SSSR count). The Kier molecular flexibility index (Phi) is 19.4. The molecule has 30 nitrogen and oxygen atoms in total. The third-order valence-corrected chi connectivity index (χ3v) is 21.4. The van der Waals surface area contributed by atoms with Gasteiger partial charge in [-0.1, -0.05) is 32.1 Å². The van der Waals surface area contributed by atoms with Crippen LogP contribution in [-0.4, -0.2) is 295 Å². The van der Waals surface area contributed by atoms with Gasteiger partial charge in [-0.15, -0.1) is 0 Å². The van der Waals surface area contributed by atoms with Crippen LogP contribution >= 0.6 is 0 Å². The quantitative estimate of drug-likeness (QED) is 0.0538. The molecule has 10 fully saturated rings. The van der Waals surface area contributed by atoms with E-state index >= 15 is 0 Å². The van der Waals surface area contributed by atoms with E-state index in [1.54, 1.807) is 0 Å². The highest BCUT2D eigenvalue weighted by Crippen LogP contribution is 2.71. The zero-order valence-corrected chi connectivity index (χ0v) is 49.6. The van der Waals surface area contributed by atoms with E-state index < -0.39 is 233 Å². The van der Waals surface area contributed by atoms with Gasteiger partial charge in [0, 0.05) is 31.6 Å². The Labute approximate surface area is 506 Å². The number of rotatable bonds is 15. The standard InChI is InChI=1S/C58H88O30/c1-21-15-79-58(48(72)43(21)84-51-41(70)39(68)38(67)34(14-59)82-51)30(16-75-23(3)61)36-33(88-58)13-29-27-8-7-25-11-26(63)12-35(56(25,6)28(27)9-10-55(29,36)5)83-53-47(45(32(65)18-77-53)85-50-40(69)37(66)31(64)17-76-50)87-52-42(71)46(44(22(2)80-52)81-24(4)62)86-54-49(73)57(74,19-60)20-78-54/h7,22,26-54,59-60,63-74H,1,8-20H2,2-6H3. The number of fused-ring (bicyclic) bond motifs is 7. The maximum Gasteiger partial charge on any atom is 0.303 e. The lowest BCUT2D eigenvalue weighted by Gasteiger charge is -2.61. The second-order valence-electron chi connectivity index (χ2n) is 26.6. The third kappa shape index (κ3) is 11.5. The van der Waals surface area contributed by atoms with Crippen LogP contribution in [0.2, 0.25) is 0 Å². The molecule has 0 aromatic rings. The molecule has 7 saturated heterocycles. The van der Waals surface area contributed by atoms with Crippen LogP contribution in [0, 0.1) is 40.4 Å². The number of esters is 2. The molecule has 7 aliphatic heterocycles. The SMILES string of the molecule is C=C1COC2(OC3CC4C5CC=C6CC(O)CC(OC7OCC(O)C(OC8OCC(O)C(O)C8O)C7OC7OC(C)C(OC(C)=O)C(OC8OCC(O)(CO)C8O)C7O)C6(C)C5CCC4(C)C3C2COC(C)=O)C(O)C1OC1OC(CO)C(O)C(O)C1O. The summed E-state index contributed by atoms with van der Waals surface area (Å²) in [4.78, 5) is 25.2. The topological polar surface area (TPSA) is 447 Å². The Balaban J connectivity index is 0.876. The lowest BCUT2D eigenvalue weighted by atomic mass is 9.46. The first-order valence-corrected chi connectivity index (χ1v) is 30.5. The summed E-state index contributed by atoms with van der Waals surface area (Å²) in [6.07, 6.45) is -33.6. The molecule has 3 saturated carbocycles. The summed E-state index contributed by atoms with van der Waals surface area (Å²) in [7, 11) is 0. The zero-order chi connectivity index (χ0) is 63.4. The maximum absolute atomic E-state index is 12.7. The van der Waals surface area contributed by atoms with E-state index in [1.165, 1.54) is 13.8 Å². The van der Waals surface area contributed by atoms with E-state index in [-0.39, 0.29) is 43.0 Å². The molecule has 0 bridgehead atoms. The molecule has 0 aromatic carbocycles. The van der Waals surface area contributed by atoms with Crippen molar-refractivity contribution in [3.63, 3.8) is 0 Å². The predicted molar refractivity (Wildman–Crippen MR) is 286 cm³/mol.